The van der Waals surface area contributed by atoms with Crippen molar-refractivity contribution in [3.8, 4) is 0 Å². The average Bonchev–Trinajstić information content (AvgIpc) is 1.98. The third-order valence-electron chi connectivity index (χ3n) is 1.63. The number of hydrogen-bond donors (Lipinski definition) is 1. The van der Waals surface area contributed by atoms with Gasteiger partial charge in [-0.15, -0.1) is 0 Å². The highest BCUT2D eigenvalue weighted by Gasteiger charge is 2.16. The molecule has 3 N–H and O–H groups in total. The summed E-state index contributed by atoms with van der Waals surface area (Å²) in [7, 11) is -3.23. The molecule has 0 amide bonds. The summed E-state index contributed by atoms with van der Waals surface area (Å²) in [5.41, 5.74) is 0. The quantitative estimate of drug-likeness (QED) is 0.517. The standard InChI is InChI=1S/C8H19O3P.H2O/c1-3-5-6-7-8-12(9,10)11-4-2;/h3-8H2,1-2H3,(H,9,10);1H2. The second-order valence-electron chi connectivity index (χ2n) is 2.84. The first-order chi connectivity index (χ1) is 5.62. The number of hydrogen-bond acceptors (Lipinski definition) is 2. The normalized spacial score (nSPS) is 14.7. The summed E-state index contributed by atoms with van der Waals surface area (Å²) in [4.78, 5) is 9.15. The monoisotopic (exact) mass is 212 g/mol. The van der Waals surface area contributed by atoms with Crippen LogP contribution >= 0.6 is 7.60 Å². The maximum atomic E-state index is 11.1. The molecule has 0 aliphatic heterocycles. The fraction of sp³-hybridized carbons (Fsp3) is 1.00. The van der Waals surface area contributed by atoms with E-state index in [1.54, 1.807) is 6.92 Å². The number of unbranched alkanes of at least 4 members (excludes halogenated alkanes) is 3. The molecular formula is C8H21O4P. The van der Waals surface area contributed by atoms with E-state index in [4.69, 9.17) is 9.42 Å². The Bertz CT molecular complexity index is 149. The maximum absolute atomic E-state index is 11.1. The third-order valence-corrected chi connectivity index (χ3v) is 3.17. The van der Waals surface area contributed by atoms with Crippen LogP contribution in [-0.4, -0.2) is 23.1 Å². The van der Waals surface area contributed by atoms with Gasteiger partial charge in [-0.05, 0) is 13.3 Å². The molecule has 0 spiro atoms. The first-order valence-electron chi connectivity index (χ1n) is 4.58. The van der Waals surface area contributed by atoms with Crippen molar-refractivity contribution in [3.05, 3.63) is 0 Å². The lowest BCUT2D eigenvalue weighted by Gasteiger charge is -2.09. The predicted octanol–water partition coefficient (Wildman–Crippen LogP) is 1.96. The van der Waals surface area contributed by atoms with Gasteiger partial charge in [-0.3, -0.25) is 4.57 Å². The van der Waals surface area contributed by atoms with Crippen LogP contribution in [0.25, 0.3) is 0 Å². The summed E-state index contributed by atoms with van der Waals surface area (Å²) in [6.45, 7) is 4.16. The fourth-order valence-electron chi connectivity index (χ4n) is 1.00. The zero-order valence-corrected chi connectivity index (χ0v) is 9.35. The number of rotatable bonds is 7. The lowest BCUT2D eigenvalue weighted by molar-refractivity contribution is 0.273. The van der Waals surface area contributed by atoms with Crippen LogP contribution in [0, 0.1) is 0 Å². The second-order valence-corrected chi connectivity index (χ2v) is 4.82. The van der Waals surface area contributed by atoms with Gasteiger partial charge in [0.25, 0.3) is 0 Å². The van der Waals surface area contributed by atoms with Gasteiger partial charge in [-0.2, -0.15) is 0 Å². The highest BCUT2D eigenvalue weighted by molar-refractivity contribution is 7.52. The van der Waals surface area contributed by atoms with E-state index in [2.05, 4.69) is 6.92 Å². The largest absolute Gasteiger partial charge is 0.412 e. The van der Waals surface area contributed by atoms with Crippen LogP contribution in [0.3, 0.4) is 0 Å². The van der Waals surface area contributed by atoms with Gasteiger partial charge in [-0.25, -0.2) is 0 Å². The van der Waals surface area contributed by atoms with Gasteiger partial charge in [0.1, 0.15) is 0 Å². The topological polar surface area (TPSA) is 78.0 Å². The predicted molar refractivity (Wildman–Crippen MR) is 54.1 cm³/mol. The van der Waals surface area contributed by atoms with Gasteiger partial charge < -0.3 is 14.9 Å². The molecule has 0 aromatic heterocycles. The molecule has 0 fully saturated rings. The van der Waals surface area contributed by atoms with Gasteiger partial charge in [0.15, 0.2) is 0 Å². The van der Waals surface area contributed by atoms with E-state index >= 15 is 0 Å². The molecule has 1 atom stereocenters. The van der Waals surface area contributed by atoms with Crippen molar-refractivity contribution < 1.29 is 19.5 Å². The molecule has 0 aromatic rings. The van der Waals surface area contributed by atoms with Crippen LogP contribution in [-0.2, 0) is 9.09 Å². The van der Waals surface area contributed by atoms with E-state index < -0.39 is 7.60 Å². The lowest BCUT2D eigenvalue weighted by Crippen LogP contribution is -1.94. The SMILES string of the molecule is CCCCCCP(=O)(O)OCC.O. The van der Waals surface area contributed by atoms with Crippen molar-refractivity contribution in [2.45, 2.75) is 39.5 Å². The molecule has 5 heteroatoms. The highest BCUT2D eigenvalue weighted by atomic mass is 31.2. The van der Waals surface area contributed by atoms with Crippen molar-refractivity contribution >= 4 is 7.60 Å². The third kappa shape index (κ3) is 10.0. The van der Waals surface area contributed by atoms with Gasteiger partial charge in [0.05, 0.1) is 6.61 Å². The molecule has 0 aliphatic carbocycles. The molecule has 0 rings (SSSR count). The molecule has 0 aliphatic rings. The van der Waals surface area contributed by atoms with Crippen molar-refractivity contribution in [1.29, 1.82) is 0 Å². The van der Waals surface area contributed by atoms with Crippen molar-refractivity contribution in [2.24, 2.45) is 0 Å². The van der Waals surface area contributed by atoms with Crippen molar-refractivity contribution in [2.75, 3.05) is 12.8 Å². The van der Waals surface area contributed by atoms with Gasteiger partial charge in [-0.1, -0.05) is 26.2 Å². The summed E-state index contributed by atoms with van der Waals surface area (Å²) in [5, 5.41) is 0. The van der Waals surface area contributed by atoms with Crippen molar-refractivity contribution in [3.63, 3.8) is 0 Å². The summed E-state index contributed by atoms with van der Waals surface area (Å²) in [5.74, 6) is 0. The lowest BCUT2D eigenvalue weighted by atomic mass is 10.2. The zero-order chi connectivity index (χ0) is 9.45. The summed E-state index contributed by atoms with van der Waals surface area (Å²) in [6.07, 6.45) is 4.40. The molecule has 0 aromatic carbocycles. The molecule has 0 heterocycles. The Labute approximate surface area is 80.1 Å². The van der Waals surface area contributed by atoms with E-state index in [1.807, 2.05) is 0 Å². The van der Waals surface area contributed by atoms with Crippen LogP contribution in [0.4, 0.5) is 0 Å². The summed E-state index contributed by atoms with van der Waals surface area (Å²) < 4.78 is 15.8. The summed E-state index contributed by atoms with van der Waals surface area (Å²) in [6, 6.07) is 0. The minimum absolute atomic E-state index is 0. The Morgan fingerprint density at radius 1 is 1.23 bits per heavy atom. The van der Waals surface area contributed by atoms with Crippen LogP contribution in [0.5, 0.6) is 0 Å². The van der Waals surface area contributed by atoms with E-state index in [0.29, 0.717) is 12.8 Å². The molecule has 82 valence electrons. The molecule has 1 unspecified atom stereocenters. The first-order valence-corrected chi connectivity index (χ1v) is 6.35. The van der Waals surface area contributed by atoms with Crippen molar-refractivity contribution in [1.82, 2.24) is 0 Å². The molecule has 4 nitrogen and oxygen atoms in total. The van der Waals surface area contributed by atoms with Crippen LogP contribution < -0.4 is 0 Å². The minimum atomic E-state index is -3.23. The Morgan fingerprint density at radius 2 is 1.85 bits per heavy atom. The van der Waals surface area contributed by atoms with E-state index in [-0.39, 0.29) is 5.48 Å². The van der Waals surface area contributed by atoms with Gasteiger partial charge in [0, 0.05) is 6.16 Å². The highest BCUT2D eigenvalue weighted by Crippen LogP contribution is 2.42. The minimum Gasteiger partial charge on any atom is -0.412 e. The fourth-order valence-corrected chi connectivity index (χ4v) is 2.16. The maximum Gasteiger partial charge on any atom is 0.328 e. The Morgan fingerprint density at radius 3 is 2.31 bits per heavy atom. The smallest absolute Gasteiger partial charge is 0.328 e. The van der Waals surface area contributed by atoms with Gasteiger partial charge >= 0.3 is 7.60 Å². The molecule has 0 radical (unpaired) electrons. The summed E-state index contributed by atoms with van der Waals surface area (Å²) >= 11 is 0. The second kappa shape index (κ2) is 8.70. The molecule has 0 saturated carbocycles. The van der Waals surface area contributed by atoms with E-state index in [1.165, 1.54) is 0 Å². The van der Waals surface area contributed by atoms with Crippen LogP contribution in [0.15, 0.2) is 0 Å². The molecular weight excluding hydrogens is 191 g/mol. The van der Waals surface area contributed by atoms with Crippen LogP contribution in [0.2, 0.25) is 0 Å². The Balaban J connectivity index is 0. The molecule has 0 bridgehead atoms. The average molecular weight is 212 g/mol. The van der Waals surface area contributed by atoms with Gasteiger partial charge in [0.2, 0.25) is 0 Å². The Kier molecular flexibility index (Phi) is 10.4. The van der Waals surface area contributed by atoms with Crippen LogP contribution in [0.1, 0.15) is 39.5 Å². The van der Waals surface area contributed by atoms with E-state index in [0.717, 1.165) is 25.7 Å². The molecule has 13 heavy (non-hydrogen) atoms. The molecule has 0 saturated heterocycles. The van der Waals surface area contributed by atoms with E-state index in [9.17, 15) is 4.57 Å². The zero-order valence-electron chi connectivity index (χ0n) is 8.45. The Hall–Kier alpha value is 0.110. The first kappa shape index (κ1) is 15.6.